The third-order valence-corrected chi connectivity index (χ3v) is 3.92. The van der Waals surface area contributed by atoms with Crippen molar-refractivity contribution in [3.05, 3.63) is 29.8 Å². The number of hydrogen-bond donors (Lipinski definition) is 2. The highest BCUT2D eigenvalue weighted by molar-refractivity contribution is 5.77. The number of aryl methyl sites for hydroxylation is 1. The van der Waals surface area contributed by atoms with Crippen molar-refractivity contribution in [2.45, 2.75) is 38.6 Å². The Bertz CT molecular complexity index is 448. The second-order valence-corrected chi connectivity index (χ2v) is 5.56. The molecule has 1 saturated carbocycles. The molecule has 1 amide bonds. The van der Waals surface area contributed by atoms with Crippen LogP contribution in [0.2, 0.25) is 0 Å². The number of nitrogens with two attached hydrogens (primary N) is 1. The summed E-state index contributed by atoms with van der Waals surface area (Å²) in [4.78, 5) is 12.0. The summed E-state index contributed by atoms with van der Waals surface area (Å²) in [5.74, 6) is 1.09. The second-order valence-electron chi connectivity index (χ2n) is 5.56. The van der Waals surface area contributed by atoms with Gasteiger partial charge < -0.3 is 15.8 Å². The van der Waals surface area contributed by atoms with Gasteiger partial charge >= 0.3 is 0 Å². The van der Waals surface area contributed by atoms with Crippen LogP contribution in [0.25, 0.3) is 0 Å². The first-order valence-electron chi connectivity index (χ1n) is 7.38. The highest BCUT2D eigenvalue weighted by Gasteiger charge is 2.25. The fraction of sp³-hybridized carbons (Fsp3) is 0.562. The Morgan fingerprint density at radius 2 is 2.20 bits per heavy atom. The Kier molecular flexibility index (Phi) is 5.41. The van der Waals surface area contributed by atoms with Crippen LogP contribution in [0.15, 0.2) is 24.3 Å². The first-order valence-corrected chi connectivity index (χ1v) is 7.38. The molecule has 0 bridgehead atoms. The number of hydrogen-bond acceptors (Lipinski definition) is 3. The van der Waals surface area contributed by atoms with Crippen molar-refractivity contribution in [2.24, 2.45) is 11.7 Å². The molecule has 20 heavy (non-hydrogen) atoms. The van der Waals surface area contributed by atoms with Gasteiger partial charge in [0.2, 0.25) is 0 Å². The van der Waals surface area contributed by atoms with Crippen LogP contribution in [-0.2, 0) is 4.79 Å². The van der Waals surface area contributed by atoms with E-state index in [1.54, 1.807) is 0 Å². The van der Waals surface area contributed by atoms with Crippen molar-refractivity contribution in [1.29, 1.82) is 0 Å². The number of nitrogens with one attached hydrogen (secondary N) is 1. The molecule has 2 atom stereocenters. The summed E-state index contributed by atoms with van der Waals surface area (Å²) >= 11 is 0. The van der Waals surface area contributed by atoms with E-state index in [1.807, 2.05) is 31.2 Å². The number of rotatable bonds is 5. The molecule has 0 aromatic heterocycles. The van der Waals surface area contributed by atoms with Gasteiger partial charge in [-0.3, -0.25) is 4.79 Å². The Balaban J connectivity index is 1.80. The summed E-state index contributed by atoms with van der Waals surface area (Å²) in [5.41, 5.74) is 6.89. The second kappa shape index (κ2) is 7.29. The average molecular weight is 276 g/mol. The number of carbonyl (C=O) groups excluding carboxylic acids is 1. The molecule has 4 heteroatoms. The number of benzene rings is 1. The summed E-state index contributed by atoms with van der Waals surface area (Å²) in [6.07, 6.45) is 4.52. The van der Waals surface area contributed by atoms with Crippen LogP contribution in [0.5, 0.6) is 5.75 Å². The van der Waals surface area contributed by atoms with Crippen molar-refractivity contribution < 1.29 is 9.53 Å². The quantitative estimate of drug-likeness (QED) is 0.864. The van der Waals surface area contributed by atoms with Crippen molar-refractivity contribution in [3.63, 3.8) is 0 Å². The average Bonchev–Trinajstić information content (AvgIpc) is 2.46. The van der Waals surface area contributed by atoms with E-state index in [2.05, 4.69) is 5.32 Å². The molecule has 1 aromatic carbocycles. The molecule has 0 aliphatic heterocycles. The summed E-state index contributed by atoms with van der Waals surface area (Å²) in [5, 5.41) is 3.06. The van der Waals surface area contributed by atoms with Gasteiger partial charge in [0.15, 0.2) is 6.61 Å². The predicted octanol–water partition coefficient (Wildman–Crippen LogP) is 2.01. The monoisotopic (exact) mass is 276 g/mol. The van der Waals surface area contributed by atoms with Crippen LogP contribution in [0.3, 0.4) is 0 Å². The summed E-state index contributed by atoms with van der Waals surface area (Å²) in [6, 6.07) is 7.93. The van der Waals surface area contributed by atoms with Gasteiger partial charge in [0.25, 0.3) is 5.91 Å². The first-order chi connectivity index (χ1) is 9.69. The zero-order chi connectivity index (χ0) is 14.4. The lowest BCUT2D eigenvalue weighted by molar-refractivity contribution is -0.124. The molecular weight excluding hydrogens is 252 g/mol. The molecular formula is C16H24N2O2. The van der Waals surface area contributed by atoms with Gasteiger partial charge in [-0.2, -0.15) is 0 Å². The standard InChI is InChI=1S/C16H24N2O2/c1-12-5-4-7-14(9-12)20-11-16(19)18-15-8-3-2-6-13(15)10-17/h4-5,7,9,13,15H,2-3,6,8,10-11,17H2,1H3,(H,18,19). The Hall–Kier alpha value is -1.55. The largest absolute Gasteiger partial charge is 0.484 e. The molecule has 0 saturated heterocycles. The molecule has 0 heterocycles. The molecule has 2 rings (SSSR count). The van der Waals surface area contributed by atoms with Gasteiger partial charge in [-0.25, -0.2) is 0 Å². The molecule has 110 valence electrons. The molecule has 1 fully saturated rings. The predicted molar refractivity (Wildman–Crippen MR) is 79.6 cm³/mol. The number of amides is 1. The molecule has 0 spiro atoms. The third-order valence-electron chi connectivity index (χ3n) is 3.92. The minimum absolute atomic E-state index is 0.0585. The van der Waals surface area contributed by atoms with Crippen LogP contribution in [0.4, 0.5) is 0 Å². The van der Waals surface area contributed by atoms with Crippen LogP contribution < -0.4 is 15.8 Å². The molecule has 1 aliphatic rings. The van der Waals surface area contributed by atoms with E-state index in [1.165, 1.54) is 12.8 Å². The van der Waals surface area contributed by atoms with Crippen LogP contribution in [0, 0.1) is 12.8 Å². The van der Waals surface area contributed by atoms with Crippen LogP contribution in [-0.4, -0.2) is 25.1 Å². The number of ether oxygens (including phenoxy) is 1. The Labute approximate surface area is 120 Å². The van der Waals surface area contributed by atoms with Crippen molar-refractivity contribution >= 4 is 5.91 Å². The fourth-order valence-electron chi connectivity index (χ4n) is 2.78. The van der Waals surface area contributed by atoms with Gasteiger partial charge in [0.05, 0.1) is 0 Å². The SMILES string of the molecule is Cc1cccc(OCC(=O)NC2CCCCC2CN)c1. The third kappa shape index (κ3) is 4.23. The van der Waals surface area contributed by atoms with Gasteiger partial charge in [-0.15, -0.1) is 0 Å². The lowest BCUT2D eigenvalue weighted by atomic mass is 9.84. The highest BCUT2D eigenvalue weighted by atomic mass is 16.5. The van der Waals surface area contributed by atoms with Crippen LogP contribution >= 0.6 is 0 Å². The van der Waals surface area contributed by atoms with Crippen LogP contribution in [0.1, 0.15) is 31.2 Å². The Morgan fingerprint density at radius 3 is 2.95 bits per heavy atom. The molecule has 4 nitrogen and oxygen atoms in total. The maximum atomic E-state index is 12.0. The zero-order valence-electron chi connectivity index (χ0n) is 12.1. The van der Waals surface area contributed by atoms with Crippen molar-refractivity contribution in [3.8, 4) is 5.75 Å². The van der Waals surface area contributed by atoms with E-state index in [9.17, 15) is 4.79 Å². The molecule has 0 radical (unpaired) electrons. The van der Waals surface area contributed by atoms with Crippen molar-refractivity contribution in [2.75, 3.05) is 13.2 Å². The summed E-state index contributed by atoms with van der Waals surface area (Å²) < 4.78 is 5.52. The summed E-state index contributed by atoms with van der Waals surface area (Å²) in [7, 11) is 0. The van der Waals surface area contributed by atoms with Crippen molar-refractivity contribution in [1.82, 2.24) is 5.32 Å². The normalized spacial score (nSPS) is 22.3. The molecule has 3 N–H and O–H groups in total. The fourth-order valence-corrected chi connectivity index (χ4v) is 2.78. The lowest BCUT2D eigenvalue weighted by Gasteiger charge is -2.31. The van der Waals surface area contributed by atoms with Gasteiger partial charge in [-0.05, 0) is 49.9 Å². The zero-order valence-corrected chi connectivity index (χ0v) is 12.1. The van der Waals surface area contributed by atoms with E-state index in [0.29, 0.717) is 12.5 Å². The van der Waals surface area contributed by atoms with Gasteiger partial charge in [-0.1, -0.05) is 25.0 Å². The smallest absolute Gasteiger partial charge is 0.258 e. The maximum Gasteiger partial charge on any atom is 0.258 e. The Morgan fingerprint density at radius 1 is 1.40 bits per heavy atom. The van der Waals surface area contributed by atoms with E-state index in [-0.39, 0.29) is 18.6 Å². The van der Waals surface area contributed by atoms with E-state index in [0.717, 1.165) is 24.2 Å². The van der Waals surface area contributed by atoms with E-state index in [4.69, 9.17) is 10.5 Å². The topological polar surface area (TPSA) is 64.3 Å². The minimum Gasteiger partial charge on any atom is -0.484 e. The molecule has 2 unspecified atom stereocenters. The van der Waals surface area contributed by atoms with Gasteiger partial charge in [0.1, 0.15) is 5.75 Å². The van der Waals surface area contributed by atoms with Gasteiger partial charge in [0, 0.05) is 6.04 Å². The highest BCUT2D eigenvalue weighted by Crippen LogP contribution is 2.23. The first kappa shape index (κ1) is 14.9. The minimum atomic E-state index is -0.0585. The summed E-state index contributed by atoms with van der Waals surface area (Å²) in [6.45, 7) is 2.71. The van der Waals surface area contributed by atoms with E-state index < -0.39 is 0 Å². The molecule has 1 aromatic rings. The van der Waals surface area contributed by atoms with E-state index >= 15 is 0 Å². The number of carbonyl (C=O) groups is 1. The lowest BCUT2D eigenvalue weighted by Crippen LogP contribution is -2.46. The molecule has 1 aliphatic carbocycles. The maximum absolute atomic E-state index is 12.0.